The number of ether oxygens (including phenoxy) is 2. The summed E-state index contributed by atoms with van der Waals surface area (Å²) < 4.78 is 46.0. The van der Waals surface area contributed by atoms with Gasteiger partial charge in [-0.2, -0.15) is 4.98 Å². The molecule has 0 amide bonds. The molecule has 4 aromatic rings. The number of methoxy groups -OCH3 is 1. The summed E-state index contributed by atoms with van der Waals surface area (Å²) in [6, 6.07) is 0. The maximum Gasteiger partial charge on any atom is 0.324 e. The number of carbonyl (C=O) groups is 1. The molecule has 22 heteroatoms. The number of nitrogen functional groups attached to an aromatic ring is 1. The van der Waals surface area contributed by atoms with Crippen molar-refractivity contribution < 1.29 is 37.1 Å². The standard InChI is InChI=1S/C22H28FN9O8P2S2/c1-36-8-14-25-6-12-18(28-14)31(15(27-12)9-37-41-43)3-5-38-42(35,44)39-7-13-16(23)11(2-4-33)21(40-13)32-10-26-17-19(32)29-22(24)30-20(17)34/h4,6,10-11,13,16,21,41,43H,2-3,5,7-9H2,1H3,(H,35,44)(H3,24,29,30,34)/t11-,13-,16+,21-,42?/m1/s1. The second-order valence-electron chi connectivity index (χ2n) is 9.44. The summed E-state index contributed by atoms with van der Waals surface area (Å²) in [5.41, 5.74) is 6.13. The Morgan fingerprint density at radius 3 is 2.86 bits per heavy atom. The lowest BCUT2D eigenvalue weighted by molar-refractivity contribution is -0.109. The maximum atomic E-state index is 15.5. The van der Waals surface area contributed by atoms with Crippen molar-refractivity contribution in [2.24, 2.45) is 5.92 Å². The van der Waals surface area contributed by atoms with Gasteiger partial charge in [0.05, 0.1) is 33.7 Å². The number of aromatic amines is 1. The monoisotopic (exact) mass is 691 g/mol. The van der Waals surface area contributed by atoms with Gasteiger partial charge in [0.1, 0.15) is 49.3 Å². The highest BCUT2D eigenvalue weighted by Crippen LogP contribution is 2.46. The number of nitrogens with one attached hydrogen (secondary N) is 1. The van der Waals surface area contributed by atoms with Gasteiger partial charge in [0, 0.05) is 26.0 Å². The summed E-state index contributed by atoms with van der Waals surface area (Å²) in [5, 5.41) is 0. The summed E-state index contributed by atoms with van der Waals surface area (Å²) >= 11 is 9.25. The average molecular weight is 692 g/mol. The smallest absolute Gasteiger partial charge is 0.324 e. The van der Waals surface area contributed by atoms with Crippen LogP contribution in [-0.2, 0) is 59.4 Å². The van der Waals surface area contributed by atoms with Crippen LogP contribution in [0.25, 0.3) is 22.3 Å². The SMILES string of the molecule is COCc1ncc2nc(COPS)n(CCOP(O)(=S)OC[C@H]3O[C@@H](n4cnc5c(=O)[nH]c(N)nc54)[C@H](CC=O)[C@@H]3F)c2n1. The van der Waals surface area contributed by atoms with E-state index >= 15 is 4.39 Å². The fourth-order valence-corrected chi connectivity index (χ4v) is 6.29. The van der Waals surface area contributed by atoms with Gasteiger partial charge in [0.15, 0.2) is 22.6 Å². The highest BCUT2D eigenvalue weighted by atomic mass is 32.7. The molecule has 0 aliphatic carbocycles. The van der Waals surface area contributed by atoms with Crippen LogP contribution >= 0.6 is 27.0 Å². The van der Waals surface area contributed by atoms with E-state index in [0.717, 1.165) is 0 Å². The Morgan fingerprint density at radius 2 is 2.11 bits per heavy atom. The summed E-state index contributed by atoms with van der Waals surface area (Å²) in [7, 11) is 1.46. The van der Waals surface area contributed by atoms with Gasteiger partial charge < -0.3 is 43.0 Å². The fraction of sp³-hybridized carbons (Fsp3) is 0.500. The third kappa shape index (κ3) is 7.14. The van der Waals surface area contributed by atoms with Crippen LogP contribution in [0.1, 0.15) is 24.3 Å². The minimum atomic E-state index is -3.88. The predicted molar refractivity (Wildman–Crippen MR) is 162 cm³/mol. The number of alkyl halides is 1. The molecule has 44 heavy (non-hydrogen) atoms. The molecule has 238 valence electrons. The average Bonchev–Trinajstić information content (AvgIpc) is 3.65. The molecule has 6 atom stereocenters. The van der Waals surface area contributed by atoms with E-state index in [-0.39, 0.29) is 57.9 Å². The topological polar surface area (TPSA) is 217 Å². The van der Waals surface area contributed by atoms with E-state index in [4.69, 9.17) is 40.6 Å². The van der Waals surface area contributed by atoms with Gasteiger partial charge in [-0.25, -0.2) is 24.3 Å². The maximum absolute atomic E-state index is 15.5. The van der Waals surface area contributed by atoms with Gasteiger partial charge in [-0.3, -0.25) is 14.3 Å². The molecule has 0 aromatic carbocycles. The van der Waals surface area contributed by atoms with Gasteiger partial charge in [-0.05, 0) is 11.8 Å². The molecule has 0 radical (unpaired) electrons. The minimum Gasteiger partial charge on any atom is -0.377 e. The molecule has 1 aliphatic rings. The second kappa shape index (κ2) is 14.3. The van der Waals surface area contributed by atoms with Gasteiger partial charge in [-0.1, -0.05) is 0 Å². The number of rotatable bonds is 15. The molecule has 0 saturated carbocycles. The van der Waals surface area contributed by atoms with E-state index in [1.165, 1.54) is 18.0 Å². The molecule has 5 heterocycles. The van der Waals surface area contributed by atoms with E-state index in [1.54, 1.807) is 10.8 Å². The van der Waals surface area contributed by atoms with Crippen molar-refractivity contribution in [2.75, 3.05) is 26.1 Å². The molecule has 0 spiro atoms. The number of nitrogens with two attached hydrogens (primary N) is 1. The summed E-state index contributed by atoms with van der Waals surface area (Å²) in [5.74, 6) is -0.175. The third-order valence-corrected chi connectivity index (χ3v) is 8.94. The first kappa shape index (κ1) is 32.9. The number of anilines is 1. The zero-order valence-corrected chi connectivity index (χ0v) is 26.6. The first-order valence-corrected chi connectivity index (χ1v) is 17.7. The van der Waals surface area contributed by atoms with Crippen molar-refractivity contribution >= 4 is 73.3 Å². The van der Waals surface area contributed by atoms with Crippen LogP contribution < -0.4 is 11.3 Å². The van der Waals surface area contributed by atoms with Gasteiger partial charge in [0.2, 0.25) is 5.95 Å². The Kier molecular flexibility index (Phi) is 10.7. The lowest BCUT2D eigenvalue weighted by Gasteiger charge is -2.20. The van der Waals surface area contributed by atoms with Crippen molar-refractivity contribution in [3.05, 3.63) is 34.5 Å². The molecule has 4 N–H and O–H groups in total. The number of carbonyl (C=O) groups excluding carboxylic acids is 1. The molecule has 4 aromatic heterocycles. The summed E-state index contributed by atoms with van der Waals surface area (Å²) in [4.78, 5) is 57.9. The Labute approximate surface area is 260 Å². The lowest BCUT2D eigenvalue weighted by Crippen LogP contribution is -2.27. The van der Waals surface area contributed by atoms with Crippen molar-refractivity contribution in [1.82, 2.24) is 39.0 Å². The molecule has 1 aliphatic heterocycles. The number of hydrogen-bond acceptors (Lipinski definition) is 15. The van der Waals surface area contributed by atoms with Gasteiger partial charge >= 0.3 is 6.72 Å². The summed E-state index contributed by atoms with van der Waals surface area (Å²) in [6.45, 7) is -3.97. The van der Waals surface area contributed by atoms with Crippen molar-refractivity contribution in [2.45, 2.75) is 44.7 Å². The number of fused-ring (bicyclic) bond motifs is 2. The highest BCUT2D eigenvalue weighted by molar-refractivity contribution is 8.36. The molecule has 0 bridgehead atoms. The Hall–Kier alpha value is -2.51. The first-order chi connectivity index (χ1) is 21.2. The number of H-pyrrole nitrogens is 1. The molecule has 1 saturated heterocycles. The molecular formula is C22H28FN9O8P2S2. The number of thiol groups is 1. The number of aldehydes is 1. The Morgan fingerprint density at radius 1 is 1.30 bits per heavy atom. The number of imidazole rings is 2. The molecular weight excluding hydrogens is 663 g/mol. The minimum absolute atomic E-state index is 0.0326. The zero-order chi connectivity index (χ0) is 31.4. The molecule has 17 nitrogen and oxygen atoms in total. The normalized spacial score (nSPS) is 22.0. The van der Waals surface area contributed by atoms with Crippen molar-refractivity contribution in [3.63, 3.8) is 0 Å². The molecule has 5 rings (SSSR count). The highest BCUT2D eigenvalue weighted by Gasteiger charge is 2.47. The summed E-state index contributed by atoms with van der Waals surface area (Å²) in [6.07, 6.45) is -0.844. The first-order valence-electron chi connectivity index (χ1n) is 12.9. The number of hydrogen-bond donors (Lipinski definition) is 4. The van der Waals surface area contributed by atoms with E-state index in [1.807, 2.05) is 0 Å². The van der Waals surface area contributed by atoms with Crippen LogP contribution in [0.4, 0.5) is 10.3 Å². The van der Waals surface area contributed by atoms with Crippen LogP contribution in [0, 0.1) is 5.92 Å². The Bertz CT molecular complexity index is 1740. The van der Waals surface area contributed by atoms with Crippen molar-refractivity contribution in [3.8, 4) is 0 Å². The Balaban J connectivity index is 1.25. The number of aromatic nitrogens is 8. The zero-order valence-electron chi connectivity index (χ0n) is 23.0. The number of halogens is 1. The quantitative estimate of drug-likeness (QED) is 0.0786. The molecule has 1 fully saturated rings. The van der Waals surface area contributed by atoms with Crippen molar-refractivity contribution in [1.29, 1.82) is 0 Å². The van der Waals surface area contributed by atoms with E-state index in [2.05, 4.69) is 42.2 Å². The molecule has 2 unspecified atom stereocenters. The predicted octanol–water partition coefficient (Wildman–Crippen LogP) is 1.33. The van der Waals surface area contributed by atoms with Crippen LogP contribution in [0.5, 0.6) is 0 Å². The number of nitrogens with zero attached hydrogens (tertiary/aromatic N) is 7. The second-order valence-corrected chi connectivity index (χ2v) is 13.3. The van der Waals surface area contributed by atoms with Gasteiger partial charge in [0.25, 0.3) is 5.56 Å². The third-order valence-electron chi connectivity index (χ3n) is 6.67. The van der Waals surface area contributed by atoms with E-state index in [9.17, 15) is 14.5 Å². The van der Waals surface area contributed by atoms with Crippen LogP contribution in [0.3, 0.4) is 0 Å². The fourth-order valence-electron chi connectivity index (χ4n) is 4.77. The van der Waals surface area contributed by atoms with Crippen LogP contribution in [0.15, 0.2) is 17.3 Å². The van der Waals surface area contributed by atoms with E-state index in [0.29, 0.717) is 29.1 Å². The largest absolute Gasteiger partial charge is 0.377 e. The van der Waals surface area contributed by atoms with Crippen LogP contribution in [0.2, 0.25) is 0 Å². The lowest BCUT2D eigenvalue weighted by atomic mass is 9.98. The van der Waals surface area contributed by atoms with E-state index < -0.39 is 43.3 Å². The van der Waals surface area contributed by atoms with Crippen LogP contribution in [-0.4, -0.2) is 82.8 Å². The van der Waals surface area contributed by atoms with Gasteiger partial charge in [-0.15, -0.1) is 12.2 Å².